The molecule has 4 nitrogen and oxygen atoms in total. The molecule has 0 heterocycles. The first kappa shape index (κ1) is 11.5. The molecule has 0 spiro atoms. The zero-order chi connectivity index (χ0) is 10.5. The van der Waals surface area contributed by atoms with Crippen LogP contribution in [0.5, 0.6) is 0 Å². The van der Waals surface area contributed by atoms with Crippen LogP contribution in [0.1, 0.15) is 0 Å². The molecule has 0 unspecified atom stereocenters. The summed E-state index contributed by atoms with van der Waals surface area (Å²) in [4.78, 5) is 20.1. The third-order valence-corrected chi connectivity index (χ3v) is 0.740. The van der Waals surface area contributed by atoms with Gasteiger partial charge >= 0.3 is 18.1 Å². The number of carboxylic acid groups (broad SMARTS) is 1. The van der Waals surface area contributed by atoms with E-state index in [0.717, 1.165) is 0 Å². The lowest BCUT2D eigenvalue weighted by Gasteiger charge is -2.04. The molecule has 0 saturated carbocycles. The fourth-order valence-electron chi connectivity index (χ4n) is 0.340. The molecule has 0 aliphatic rings. The van der Waals surface area contributed by atoms with Gasteiger partial charge < -0.3 is 9.84 Å². The molecular weight excluding hydrogens is 193 g/mol. The molecular formula is C6H5F3O4. The number of halogens is 3. The maximum atomic E-state index is 11.4. The Labute approximate surface area is 70.6 Å². The number of hydrogen-bond acceptors (Lipinski definition) is 3. The lowest BCUT2D eigenvalue weighted by atomic mass is 10.5. The Bertz CT molecular complexity index is 231. The predicted molar refractivity (Wildman–Crippen MR) is 33.8 cm³/mol. The fraction of sp³-hybridized carbons (Fsp3) is 0.333. The Morgan fingerprint density at radius 2 is 1.85 bits per heavy atom. The van der Waals surface area contributed by atoms with Crippen LogP contribution in [0.3, 0.4) is 0 Å². The van der Waals surface area contributed by atoms with Crippen molar-refractivity contribution in [2.75, 3.05) is 6.61 Å². The second-order valence-electron chi connectivity index (χ2n) is 1.89. The molecule has 0 aromatic rings. The van der Waals surface area contributed by atoms with E-state index in [1.807, 2.05) is 0 Å². The van der Waals surface area contributed by atoms with Crippen LogP contribution in [0.15, 0.2) is 12.2 Å². The van der Waals surface area contributed by atoms with Crippen LogP contribution in [-0.4, -0.2) is 29.8 Å². The molecule has 0 aromatic heterocycles. The van der Waals surface area contributed by atoms with Crippen molar-refractivity contribution in [3.05, 3.63) is 12.2 Å². The average molecular weight is 198 g/mol. The van der Waals surface area contributed by atoms with E-state index in [-0.39, 0.29) is 0 Å². The Kier molecular flexibility index (Phi) is 3.96. The lowest BCUT2D eigenvalue weighted by molar-refractivity contribution is -0.182. The maximum Gasteiger partial charge on any atom is 0.422 e. The van der Waals surface area contributed by atoms with Crippen LogP contribution in [0.2, 0.25) is 0 Å². The van der Waals surface area contributed by atoms with E-state index in [2.05, 4.69) is 4.74 Å². The van der Waals surface area contributed by atoms with Gasteiger partial charge in [-0.2, -0.15) is 13.2 Å². The first-order valence-corrected chi connectivity index (χ1v) is 2.96. The van der Waals surface area contributed by atoms with Gasteiger partial charge in [0.15, 0.2) is 6.61 Å². The highest BCUT2D eigenvalue weighted by Gasteiger charge is 2.29. The van der Waals surface area contributed by atoms with Gasteiger partial charge in [-0.3, -0.25) is 0 Å². The monoisotopic (exact) mass is 198 g/mol. The van der Waals surface area contributed by atoms with E-state index in [9.17, 15) is 22.8 Å². The van der Waals surface area contributed by atoms with Gasteiger partial charge in [0.2, 0.25) is 0 Å². The van der Waals surface area contributed by atoms with Crippen molar-refractivity contribution in [2.45, 2.75) is 6.18 Å². The number of esters is 1. The summed E-state index contributed by atoms with van der Waals surface area (Å²) in [6, 6.07) is 0. The van der Waals surface area contributed by atoms with Crippen molar-refractivity contribution in [1.29, 1.82) is 0 Å². The predicted octanol–water partition coefficient (Wildman–Crippen LogP) is 0.733. The number of alkyl halides is 3. The van der Waals surface area contributed by atoms with Crippen LogP contribution in [0.25, 0.3) is 0 Å². The van der Waals surface area contributed by atoms with Crippen molar-refractivity contribution in [3.8, 4) is 0 Å². The molecule has 13 heavy (non-hydrogen) atoms. The van der Waals surface area contributed by atoms with Crippen molar-refractivity contribution < 1.29 is 32.6 Å². The highest BCUT2D eigenvalue weighted by atomic mass is 19.4. The third kappa shape index (κ3) is 8.38. The molecule has 0 fully saturated rings. The molecule has 0 radical (unpaired) electrons. The SMILES string of the molecule is O=C(O)C=CC(=O)OCC(F)(F)F. The molecule has 7 heteroatoms. The Hall–Kier alpha value is -1.53. The molecule has 1 N–H and O–H groups in total. The molecule has 0 aliphatic carbocycles. The van der Waals surface area contributed by atoms with Crippen molar-refractivity contribution in [1.82, 2.24) is 0 Å². The van der Waals surface area contributed by atoms with Crippen LogP contribution >= 0.6 is 0 Å². The van der Waals surface area contributed by atoms with E-state index in [0.29, 0.717) is 12.2 Å². The van der Waals surface area contributed by atoms with Gasteiger partial charge in [0.25, 0.3) is 0 Å². The largest absolute Gasteiger partial charge is 0.478 e. The minimum atomic E-state index is -4.60. The summed E-state index contributed by atoms with van der Waals surface area (Å²) in [6.07, 6.45) is -3.82. The van der Waals surface area contributed by atoms with Gasteiger partial charge in [0.05, 0.1) is 0 Å². The second kappa shape index (κ2) is 4.48. The first-order valence-electron chi connectivity index (χ1n) is 2.96. The first-order chi connectivity index (χ1) is 5.81. The van der Waals surface area contributed by atoms with Gasteiger partial charge in [-0.05, 0) is 0 Å². The number of hydrogen-bond donors (Lipinski definition) is 1. The van der Waals surface area contributed by atoms with Crippen LogP contribution < -0.4 is 0 Å². The summed E-state index contributed by atoms with van der Waals surface area (Å²) in [6.45, 7) is -1.73. The highest BCUT2D eigenvalue weighted by molar-refractivity contribution is 5.90. The van der Waals surface area contributed by atoms with Gasteiger partial charge in [0.1, 0.15) is 0 Å². The highest BCUT2D eigenvalue weighted by Crippen LogP contribution is 2.14. The van der Waals surface area contributed by atoms with Crippen LogP contribution in [-0.2, 0) is 14.3 Å². The second-order valence-corrected chi connectivity index (χ2v) is 1.89. The standard InChI is InChI=1S/C6H5F3O4/c7-6(8,9)3-13-5(12)2-1-4(10)11/h1-2H,3H2,(H,10,11). The lowest BCUT2D eigenvalue weighted by Crippen LogP contribution is -2.19. The van der Waals surface area contributed by atoms with Gasteiger partial charge in [-0.25, -0.2) is 9.59 Å². The number of rotatable bonds is 3. The molecule has 0 aromatic carbocycles. The number of carbonyl (C=O) groups excluding carboxylic acids is 1. The van der Waals surface area contributed by atoms with Gasteiger partial charge in [-0.1, -0.05) is 0 Å². The van der Waals surface area contributed by atoms with Crippen molar-refractivity contribution in [2.24, 2.45) is 0 Å². The number of ether oxygens (including phenoxy) is 1. The van der Waals surface area contributed by atoms with Crippen molar-refractivity contribution >= 4 is 11.9 Å². The average Bonchev–Trinajstić information content (AvgIpc) is 1.95. The zero-order valence-electron chi connectivity index (χ0n) is 6.17. The molecule has 0 aliphatic heterocycles. The summed E-state index contributed by atoms with van der Waals surface area (Å²) in [7, 11) is 0. The maximum absolute atomic E-state index is 11.4. The minimum absolute atomic E-state index is 0.388. The quantitative estimate of drug-likeness (QED) is 0.536. The van der Waals surface area contributed by atoms with Crippen molar-refractivity contribution in [3.63, 3.8) is 0 Å². The van der Waals surface area contributed by atoms with E-state index in [1.54, 1.807) is 0 Å². The van der Waals surface area contributed by atoms with E-state index in [4.69, 9.17) is 5.11 Å². The van der Waals surface area contributed by atoms with Gasteiger partial charge in [0, 0.05) is 12.2 Å². The minimum Gasteiger partial charge on any atom is -0.478 e. The van der Waals surface area contributed by atoms with Crippen LogP contribution in [0, 0.1) is 0 Å². The number of carboxylic acids is 1. The Morgan fingerprint density at radius 3 is 2.23 bits per heavy atom. The summed E-state index contributed by atoms with van der Waals surface area (Å²) >= 11 is 0. The molecule has 0 amide bonds. The fourth-order valence-corrected chi connectivity index (χ4v) is 0.340. The summed E-state index contributed by atoms with van der Waals surface area (Å²) in [5.74, 6) is -2.79. The molecule has 0 atom stereocenters. The topological polar surface area (TPSA) is 63.6 Å². The summed E-state index contributed by atoms with van der Waals surface area (Å²) < 4.78 is 37.8. The van der Waals surface area contributed by atoms with E-state index >= 15 is 0 Å². The third-order valence-electron chi connectivity index (χ3n) is 0.740. The number of aliphatic carboxylic acids is 1. The van der Waals surface area contributed by atoms with Crippen LogP contribution in [0.4, 0.5) is 13.2 Å². The van der Waals surface area contributed by atoms with E-state index < -0.39 is 24.7 Å². The zero-order valence-corrected chi connectivity index (χ0v) is 6.17. The number of carbonyl (C=O) groups is 2. The Morgan fingerprint density at radius 1 is 1.31 bits per heavy atom. The van der Waals surface area contributed by atoms with E-state index in [1.165, 1.54) is 0 Å². The molecule has 0 rings (SSSR count). The molecule has 74 valence electrons. The normalized spacial score (nSPS) is 11.6. The summed E-state index contributed by atoms with van der Waals surface area (Å²) in [5, 5.41) is 7.97. The Balaban J connectivity index is 3.83. The molecule has 0 bridgehead atoms. The smallest absolute Gasteiger partial charge is 0.422 e. The summed E-state index contributed by atoms with van der Waals surface area (Å²) in [5.41, 5.74) is 0. The molecule has 0 saturated heterocycles. The van der Waals surface area contributed by atoms with Gasteiger partial charge in [-0.15, -0.1) is 0 Å².